The van der Waals surface area contributed by atoms with Crippen LogP contribution < -0.4 is 14.4 Å². The second-order valence-corrected chi connectivity index (χ2v) is 7.20. The van der Waals surface area contributed by atoms with Gasteiger partial charge in [-0.25, -0.2) is 0 Å². The Bertz CT molecular complexity index is 1000. The van der Waals surface area contributed by atoms with Crippen LogP contribution in [0.1, 0.15) is 35.2 Å². The van der Waals surface area contributed by atoms with Gasteiger partial charge in [-0.05, 0) is 85.0 Å². The predicted octanol–water partition coefficient (Wildman–Crippen LogP) is 6.25. The summed E-state index contributed by atoms with van der Waals surface area (Å²) in [7, 11) is 3.26. The van der Waals surface area contributed by atoms with Crippen LogP contribution in [0, 0.1) is 0 Å². The van der Waals surface area contributed by atoms with Gasteiger partial charge in [-0.3, -0.25) is 9.69 Å². The number of ether oxygens (including phenoxy) is 2. The van der Waals surface area contributed by atoms with Crippen LogP contribution in [-0.2, 0) is 0 Å². The van der Waals surface area contributed by atoms with E-state index in [0.29, 0.717) is 5.56 Å². The van der Waals surface area contributed by atoms with Crippen LogP contribution in [0.3, 0.4) is 0 Å². The van der Waals surface area contributed by atoms with E-state index in [9.17, 15) is 4.79 Å². The molecule has 0 heterocycles. The first-order chi connectivity index (χ1) is 14.7. The summed E-state index contributed by atoms with van der Waals surface area (Å²) >= 11 is 0. The lowest BCUT2D eigenvalue weighted by molar-refractivity contribution is 0.0999. The van der Waals surface area contributed by atoms with E-state index in [4.69, 9.17) is 9.47 Å². The maximum atomic E-state index is 13.9. The van der Waals surface area contributed by atoms with Gasteiger partial charge in [-0.1, -0.05) is 24.3 Å². The highest BCUT2D eigenvalue weighted by Crippen LogP contribution is 2.34. The average Bonchev–Trinajstić information content (AvgIpc) is 3.35. The number of methoxy groups -OCH3 is 2. The standard InChI is InChI=1S/C26H25NO3/c1-29-22-15-11-20(12-16-22)27(21-13-17-23(30-2)18-14-21)26(28)25-10-6-5-9-24(25)19-7-3-4-8-19/h5-7,9-18H,3-4,8H2,1-2H3. The zero-order chi connectivity index (χ0) is 20.9. The summed E-state index contributed by atoms with van der Waals surface area (Å²) in [5, 5.41) is 0. The summed E-state index contributed by atoms with van der Waals surface area (Å²) < 4.78 is 10.6. The van der Waals surface area contributed by atoms with E-state index in [-0.39, 0.29) is 5.91 Å². The molecule has 0 radical (unpaired) electrons. The average molecular weight is 399 g/mol. The van der Waals surface area contributed by atoms with Crippen molar-refractivity contribution in [2.45, 2.75) is 19.3 Å². The van der Waals surface area contributed by atoms with Gasteiger partial charge in [0.2, 0.25) is 0 Å². The molecule has 30 heavy (non-hydrogen) atoms. The van der Waals surface area contributed by atoms with Gasteiger partial charge in [0.25, 0.3) is 5.91 Å². The minimum Gasteiger partial charge on any atom is -0.497 e. The van der Waals surface area contributed by atoms with E-state index in [1.165, 1.54) is 5.57 Å². The molecule has 0 saturated carbocycles. The Balaban J connectivity index is 1.80. The fourth-order valence-corrected chi connectivity index (χ4v) is 3.83. The first-order valence-corrected chi connectivity index (χ1v) is 10.1. The van der Waals surface area contributed by atoms with Crippen molar-refractivity contribution in [3.63, 3.8) is 0 Å². The summed E-state index contributed by atoms with van der Waals surface area (Å²) in [4.78, 5) is 15.6. The van der Waals surface area contributed by atoms with Crippen LogP contribution in [0.2, 0.25) is 0 Å². The molecular formula is C26H25NO3. The van der Waals surface area contributed by atoms with Gasteiger partial charge in [-0.2, -0.15) is 0 Å². The predicted molar refractivity (Wildman–Crippen MR) is 121 cm³/mol. The van der Waals surface area contributed by atoms with E-state index >= 15 is 0 Å². The first kappa shape index (κ1) is 19.8. The normalized spacial score (nSPS) is 12.9. The third-order valence-corrected chi connectivity index (χ3v) is 5.41. The molecule has 1 aliphatic carbocycles. The molecule has 1 amide bonds. The summed E-state index contributed by atoms with van der Waals surface area (Å²) in [6, 6.07) is 22.9. The van der Waals surface area contributed by atoms with Crippen LogP contribution in [0.25, 0.3) is 5.57 Å². The molecule has 0 unspecified atom stereocenters. The van der Waals surface area contributed by atoms with Crippen molar-refractivity contribution >= 4 is 22.9 Å². The lowest BCUT2D eigenvalue weighted by Gasteiger charge is -2.25. The minimum absolute atomic E-state index is 0.0614. The third kappa shape index (κ3) is 3.94. The maximum absolute atomic E-state index is 13.9. The molecule has 0 fully saturated rings. The van der Waals surface area contributed by atoms with Crippen molar-refractivity contribution in [2.24, 2.45) is 0 Å². The van der Waals surface area contributed by atoms with Gasteiger partial charge in [0.15, 0.2) is 0 Å². The van der Waals surface area contributed by atoms with Gasteiger partial charge in [-0.15, -0.1) is 0 Å². The molecule has 0 atom stereocenters. The molecule has 0 N–H and O–H groups in total. The zero-order valence-electron chi connectivity index (χ0n) is 17.3. The number of hydrogen-bond acceptors (Lipinski definition) is 3. The second-order valence-electron chi connectivity index (χ2n) is 7.20. The van der Waals surface area contributed by atoms with E-state index in [0.717, 1.165) is 47.7 Å². The lowest BCUT2D eigenvalue weighted by atomic mass is 9.98. The number of nitrogens with zero attached hydrogens (tertiary/aromatic N) is 1. The number of amides is 1. The van der Waals surface area contributed by atoms with Crippen LogP contribution in [0.15, 0.2) is 78.9 Å². The van der Waals surface area contributed by atoms with Crippen LogP contribution in [0.4, 0.5) is 11.4 Å². The number of anilines is 2. The molecule has 0 bridgehead atoms. The molecule has 0 spiro atoms. The Morgan fingerprint density at radius 1 is 0.800 bits per heavy atom. The van der Waals surface area contributed by atoms with Crippen molar-refractivity contribution < 1.29 is 14.3 Å². The molecule has 4 rings (SSSR count). The third-order valence-electron chi connectivity index (χ3n) is 5.41. The number of benzene rings is 3. The highest BCUT2D eigenvalue weighted by atomic mass is 16.5. The van der Waals surface area contributed by atoms with Crippen molar-refractivity contribution in [2.75, 3.05) is 19.1 Å². The number of allylic oxidation sites excluding steroid dienone is 2. The topological polar surface area (TPSA) is 38.8 Å². The van der Waals surface area contributed by atoms with Gasteiger partial charge < -0.3 is 9.47 Å². The van der Waals surface area contributed by atoms with Crippen LogP contribution >= 0.6 is 0 Å². The largest absolute Gasteiger partial charge is 0.497 e. The maximum Gasteiger partial charge on any atom is 0.263 e. The van der Waals surface area contributed by atoms with E-state index < -0.39 is 0 Å². The quantitative estimate of drug-likeness (QED) is 0.492. The number of rotatable bonds is 6. The molecule has 0 saturated heterocycles. The molecule has 0 aromatic heterocycles. The molecule has 152 valence electrons. The monoisotopic (exact) mass is 399 g/mol. The zero-order valence-corrected chi connectivity index (χ0v) is 17.3. The smallest absolute Gasteiger partial charge is 0.263 e. The Kier molecular flexibility index (Phi) is 5.84. The Morgan fingerprint density at radius 2 is 1.37 bits per heavy atom. The fraction of sp³-hybridized carbons (Fsp3) is 0.192. The van der Waals surface area contributed by atoms with Gasteiger partial charge in [0.1, 0.15) is 11.5 Å². The van der Waals surface area contributed by atoms with Crippen molar-refractivity contribution in [3.05, 3.63) is 90.0 Å². The van der Waals surface area contributed by atoms with Crippen molar-refractivity contribution in [3.8, 4) is 11.5 Å². The van der Waals surface area contributed by atoms with E-state index in [2.05, 4.69) is 6.08 Å². The minimum atomic E-state index is -0.0614. The highest BCUT2D eigenvalue weighted by Gasteiger charge is 2.24. The Labute approximate surface area is 177 Å². The summed E-state index contributed by atoms with van der Waals surface area (Å²) in [5.74, 6) is 1.43. The van der Waals surface area contributed by atoms with Gasteiger partial charge in [0, 0.05) is 16.9 Å². The lowest BCUT2D eigenvalue weighted by Crippen LogP contribution is -2.26. The summed E-state index contributed by atoms with van der Waals surface area (Å²) in [6.07, 6.45) is 5.46. The molecule has 4 heteroatoms. The van der Waals surface area contributed by atoms with E-state index in [1.54, 1.807) is 19.1 Å². The van der Waals surface area contributed by atoms with Gasteiger partial charge in [0.05, 0.1) is 14.2 Å². The number of carbonyl (C=O) groups excluding carboxylic acids is 1. The highest BCUT2D eigenvalue weighted by molar-refractivity contribution is 6.13. The van der Waals surface area contributed by atoms with Gasteiger partial charge >= 0.3 is 0 Å². The molecule has 4 nitrogen and oxygen atoms in total. The van der Waals surface area contributed by atoms with Crippen LogP contribution in [-0.4, -0.2) is 20.1 Å². The summed E-state index contributed by atoms with van der Waals surface area (Å²) in [6.45, 7) is 0. The van der Waals surface area contributed by atoms with Crippen molar-refractivity contribution in [1.82, 2.24) is 0 Å². The molecular weight excluding hydrogens is 374 g/mol. The Hall–Kier alpha value is -3.53. The molecule has 3 aromatic carbocycles. The molecule has 0 aliphatic heterocycles. The van der Waals surface area contributed by atoms with E-state index in [1.807, 2.05) is 72.8 Å². The second kappa shape index (κ2) is 8.87. The first-order valence-electron chi connectivity index (χ1n) is 10.1. The van der Waals surface area contributed by atoms with Crippen LogP contribution in [0.5, 0.6) is 11.5 Å². The Morgan fingerprint density at radius 3 is 1.87 bits per heavy atom. The SMILES string of the molecule is COc1ccc(N(C(=O)c2ccccc2C2=CCCC2)c2ccc(OC)cc2)cc1. The molecule has 3 aromatic rings. The fourth-order valence-electron chi connectivity index (χ4n) is 3.83. The van der Waals surface area contributed by atoms with Crippen molar-refractivity contribution in [1.29, 1.82) is 0 Å². The summed E-state index contributed by atoms with van der Waals surface area (Å²) in [5.41, 5.74) is 4.54. The number of carbonyl (C=O) groups is 1. The number of hydrogen-bond donors (Lipinski definition) is 0. The molecule has 1 aliphatic rings.